The van der Waals surface area contributed by atoms with Crippen LogP contribution in [-0.4, -0.2) is 95.7 Å². The molecule has 1 aromatic rings. The van der Waals surface area contributed by atoms with Gasteiger partial charge in [-0.2, -0.15) is 0 Å². The van der Waals surface area contributed by atoms with E-state index in [1.54, 1.807) is 16.9 Å². The molecule has 0 radical (unpaired) electrons. The average Bonchev–Trinajstić information content (AvgIpc) is 3.05. The van der Waals surface area contributed by atoms with Gasteiger partial charge >= 0.3 is 12.1 Å². The first-order valence-corrected chi connectivity index (χ1v) is 12.4. The van der Waals surface area contributed by atoms with Gasteiger partial charge in [-0.15, -0.1) is 0 Å². The second kappa shape index (κ2) is 10.2. The lowest BCUT2D eigenvalue weighted by Crippen LogP contribution is -2.59. The third kappa shape index (κ3) is 4.45. The number of carbonyl (C=O) groups is 3. The molecule has 3 aliphatic rings. The van der Waals surface area contributed by atoms with Gasteiger partial charge in [0.1, 0.15) is 11.3 Å². The molecule has 0 saturated carbocycles. The molecule has 1 spiro atoms. The van der Waals surface area contributed by atoms with Crippen LogP contribution < -0.4 is 4.74 Å². The molecule has 0 aromatic heterocycles. The van der Waals surface area contributed by atoms with E-state index in [1.165, 1.54) is 4.90 Å². The van der Waals surface area contributed by atoms with Crippen LogP contribution in [0.1, 0.15) is 45.1 Å². The molecule has 0 bridgehead atoms. The van der Waals surface area contributed by atoms with E-state index in [1.807, 2.05) is 38.1 Å². The second-order valence-electron chi connectivity index (χ2n) is 9.25. The Balaban J connectivity index is 1.40. The lowest BCUT2D eigenvalue weighted by atomic mass is 9.84. The molecule has 9 heteroatoms. The number of rotatable bonds is 6. The monoisotopic (exact) mass is 472 g/mol. The van der Waals surface area contributed by atoms with E-state index in [4.69, 9.17) is 9.47 Å². The summed E-state index contributed by atoms with van der Waals surface area (Å²) in [6.07, 6.45) is 2.84. The zero-order valence-corrected chi connectivity index (χ0v) is 20.5. The summed E-state index contributed by atoms with van der Waals surface area (Å²) in [7, 11) is 1.60. The standard InChI is InChI=1S/C25H36N4O5/c1-4-29-23(31)28(18-19-7-6-8-21(17-19)33-3)22(30)25(29)11-15-26(16-12-25)20-9-13-27(14-10-20)24(32)34-5-2/h6-8,17,20H,4-5,9-16,18H2,1-3H3. The Bertz CT molecular complexity index is 906. The third-order valence-corrected chi connectivity index (χ3v) is 7.54. The number of piperidine rings is 2. The van der Waals surface area contributed by atoms with Crippen molar-refractivity contribution in [1.29, 1.82) is 0 Å². The van der Waals surface area contributed by atoms with Gasteiger partial charge in [0.2, 0.25) is 0 Å². The van der Waals surface area contributed by atoms with Gasteiger partial charge in [0.15, 0.2) is 0 Å². The van der Waals surface area contributed by atoms with Crippen molar-refractivity contribution in [1.82, 2.24) is 19.6 Å². The van der Waals surface area contributed by atoms with Gasteiger partial charge in [0.05, 0.1) is 20.3 Å². The normalized spacial score (nSPS) is 21.4. The minimum absolute atomic E-state index is 0.0843. The minimum Gasteiger partial charge on any atom is -0.497 e. The maximum Gasteiger partial charge on any atom is 0.409 e. The van der Waals surface area contributed by atoms with Crippen molar-refractivity contribution in [3.63, 3.8) is 0 Å². The van der Waals surface area contributed by atoms with Crippen molar-refractivity contribution in [2.75, 3.05) is 46.4 Å². The predicted molar refractivity (Wildman–Crippen MR) is 126 cm³/mol. The molecule has 3 saturated heterocycles. The summed E-state index contributed by atoms with van der Waals surface area (Å²) < 4.78 is 10.4. The summed E-state index contributed by atoms with van der Waals surface area (Å²) in [6, 6.07) is 7.69. The van der Waals surface area contributed by atoms with Crippen molar-refractivity contribution in [2.24, 2.45) is 0 Å². The van der Waals surface area contributed by atoms with Crippen LogP contribution in [0.2, 0.25) is 0 Å². The first kappa shape index (κ1) is 24.3. The Hall–Kier alpha value is -2.81. The van der Waals surface area contributed by atoms with E-state index in [0.717, 1.165) is 31.5 Å². The van der Waals surface area contributed by atoms with Gasteiger partial charge in [-0.05, 0) is 57.2 Å². The lowest BCUT2D eigenvalue weighted by Gasteiger charge is -2.46. The van der Waals surface area contributed by atoms with E-state index in [2.05, 4.69) is 4.90 Å². The molecule has 186 valence electrons. The number of imide groups is 1. The second-order valence-corrected chi connectivity index (χ2v) is 9.25. The van der Waals surface area contributed by atoms with Crippen molar-refractivity contribution in [3.8, 4) is 5.75 Å². The highest BCUT2D eigenvalue weighted by Gasteiger charge is 2.57. The Morgan fingerprint density at radius 1 is 1.09 bits per heavy atom. The molecule has 4 amide bonds. The van der Waals surface area contributed by atoms with E-state index in [-0.39, 0.29) is 24.6 Å². The van der Waals surface area contributed by atoms with Crippen molar-refractivity contribution >= 4 is 18.0 Å². The number of ether oxygens (including phenoxy) is 2. The molecule has 0 aliphatic carbocycles. The number of nitrogens with zero attached hydrogens (tertiary/aromatic N) is 4. The number of urea groups is 1. The minimum atomic E-state index is -0.757. The predicted octanol–water partition coefficient (Wildman–Crippen LogP) is 2.93. The van der Waals surface area contributed by atoms with E-state index >= 15 is 0 Å². The van der Waals surface area contributed by atoms with E-state index in [9.17, 15) is 14.4 Å². The third-order valence-electron chi connectivity index (χ3n) is 7.54. The van der Waals surface area contributed by atoms with Gasteiger partial charge in [-0.3, -0.25) is 9.69 Å². The zero-order chi connectivity index (χ0) is 24.3. The van der Waals surface area contributed by atoms with Gasteiger partial charge < -0.3 is 24.2 Å². The van der Waals surface area contributed by atoms with Crippen LogP contribution in [0, 0.1) is 0 Å². The van der Waals surface area contributed by atoms with Crippen LogP contribution in [-0.2, 0) is 16.1 Å². The molecule has 1 aromatic carbocycles. The van der Waals surface area contributed by atoms with E-state index < -0.39 is 5.54 Å². The fraction of sp³-hybridized carbons (Fsp3) is 0.640. The zero-order valence-electron chi connectivity index (χ0n) is 20.5. The molecule has 3 fully saturated rings. The summed E-state index contributed by atoms with van der Waals surface area (Å²) in [5.74, 6) is 0.625. The Kier molecular flexibility index (Phi) is 7.30. The number of amides is 4. The van der Waals surface area contributed by atoms with E-state index in [0.29, 0.717) is 50.9 Å². The highest BCUT2D eigenvalue weighted by atomic mass is 16.6. The fourth-order valence-electron chi connectivity index (χ4n) is 5.68. The molecule has 0 N–H and O–H groups in total. The largest absolute Gasteiger partial charge is 0.497 e. The molecule has 3 aliphatic heterocycles. The fourth-order valence-corrected chi connectivity index (χ4v) is 5.68. The number of carbonyl (C=O) groups excluding carboxylic acids is 3. The molecule has 3 heterocycles. The summed E-state index contributed by atoms with van der Waals surface area (Å²) in [4.78, 5) is 46.3. The van der Waals surface area contributed by atoms with Crippen LogP contribution in [0.4, 0.5) is 9.59 Å². The van der Waals surface area contributed by atoms with Gasteiger partial charge in [0, 0.05) is 38.8 Å². The maximum absolute atomic E-state index is 13.6. The summed E-state index contributed by atoms with van der Waals surface area (Å²) in [6.45, 7) is 7.85. The maximum atomic E-state index is 13.6. The van der Waals surface area contributed by atoms with Crippen LogP contribution >= 0.6 is 0 Å². The Labute approximate surface area is 201 Å². The highest BCUT2D eigenvalue weighted by molar-refractivity contribution is 6.07. The Morgan fingerprint density at radius 2 is 1.79 bits per heavy atom. The number of likely N-dealkylation sites (N-methyl/N-ethyl adjacent to an activating group) is 1. The summed E-state index contributed by atoms with van der Waals surface area (Å²) in [5, 5.41) is 0. The first-order valence-electron chi connectivity index (χ1n) is 12.4. The topological polar surface area (TPSA) is 82.6 Å². The van der Waals surface area contributed by atoms with Crippen molar-refractivity contribution < 1.29 is 23.9 Å². The molecule has 34 heavy (non-hydrogen) atoms. The van der Waals surface area contributed by atoms with Crippen molar-refractivity contribution in [2.45, 2.75) is 57.7 Å². The molecular formula is C25H36N4O5. The van der Waals surface area contributed by atoms with Gasteiger partial charge in [-0.25, -0.2) is 9.59 Å². The van der Waals surface area contributed by atoms with Gasteiger partial charge in [-0.1, -0.05) is 12.1 Å². The Morgan fingerprint density at radius 3 is 2.41 bits per heavy atom. The number of likely N-dealkylation sites (tertiary alicyclic amines) is 2. The SMILES string of the molecule is CCOC(=O)N1CCC(N2CCC3(CC2)C(=O)N(Cc2cccc(OC)c2)C(=O)N3CC)CC1. The first-order chi connectivity index (χ1) is 16.4. The van der Waals surface area contributed by atoms with Gasteiger partial charge in [0.25, 0.3) is 5.91 Å². The summed E-state index contributed by atoms with van der Waals surface area (Å²) >= 11 is 0. The lowest BCUT2D eigenvalue weighted by molar-refractivity contribution is -0.136. The number of hydrogen-bond donors (Lipinski definition) is 0. The molecular weight excluding hydrogens is 436 g/mol. The molecule has 0 unspecified atom stereocenters. The number of methoxy groups -OCH3 is 1. The van der Waals surface area contributed by atoms with Crippen LogP contribution in [0.5, 0.6) is 5.75 Å². The molecule has 0 atom stereocenters. The number of benzene rings is 1. The van der Waals surface area contributed by atoms with Crippen LogP contribution in [0.25, 0.3) is 0 Å². The van der Waals surface area contributed by atoms with Crippen LogP contribution in [0.15, 0.2) is 24.3 Å². The summed E-state index contributed by atoms with van der Waals surface area (Å²) in [5.41, 5.74) is 0.118. The average molecular weight is 473 g/mol. The highest BCUT2D eigenvalue weighted by Crippen LogP contribution is 2.39. The van der Waals surface area contributed by atoms with Crippen LogP contribution in [0.3, 0.4) is 0 Å². The number of hydrogen-bond acceptors (Lipinski definition) is 6. The van der Waals surface area contributed by atoms with Crippen molar-refractivity contribution in [3.05, 3.63) is 29.8 Å². The smallest absolute Gasteiger partial charge is 0.409 e. The quantitative estimate of drug-likeness (QED) is 0.592. The molecule has 9 nitrogen and oxygen atoms in total. The molecule has 4 rings (SSSR count).